The lowest BCUT2D eigenvalue weighted by molar-refractivity contribution is 0.0690. The lowest BCUT2D eigenvalue weighted by Crippen LogP contribution is -2.15. The number of carboxylic acid groups (broad SMARTS) is 1. The van der Waals surface area contributed by atoms with Crippen LogP contribution >= 0.6 is 0 Å². The average molecular weight is 248 g/mol. The normalized spacial score (nSPS) is 10.8. The molecule has 0 aliphatic heterocycles. The average Bonchev–Trinajstić information content (AvgIpc) is 2.71. The second-order valence-corrected chi connectivity index (χ2v) is 4.35. The van der Waals surface area contributed by atoms with Crippen molar-refractivity contribution in [3.05, 3.63) is 23.5 Å². The summed E-state index contributed by atoms with van der Waals surface area (Å²) in [7, 11) is 3.79. The van der Waals surface area contributed by atoms with Gasteiger partial charge in [0, 0.05) is 31.9 Å². The minimum atomic E-state index is -1.04. The Bertz CT molecular complexity index is 589. The van der Waals surface area contributed by atoms with Gasteiger partial charge >= 0.3 is 5.97 Å². The first-order chi connectivity index (χ1) is 8.52. The Hall–Kier alpha value is -2.11. The highest BCUT2D eigenvalue weighted by atomic mass is 16.4. The van der Waals surface area contributed by atoms with Gasteiger partial charge in [0.1, 0.15) is 5.82 Å². The van der Waals surface area contributed by atoms with Crippen LogP contribution in [0.25, 0.3) is 5.65 Å². The fourth-order valence-electron chi connectivity index (χ4n) is 1.82. The largest absolute Gasteiger partial charge is 0.476 e. The summed E-state index contributed by atoms with van der Waals surface area (Å²) < 4.78 is 1.56. The molecule has 0 atom stereocenters. The van der Waals surface area contributed by atoms with E-state index < -0.39 is 5.97 Å². The number of rotatable bonds is 4. The second-order valence-electron chi connectivity index (χ2n) is 4.35. The number of aryl methyl sites for hydroxylation is 1. The lowest BCUT2D eigenvalue weighted by atomic mass is 10.2. The third-order valence-corrected chi connectivity index (χ3v) is 2.64. The summed E-state index contributed by atoms with van der Waals surface area (Å²) in [5.74, 6) is -0.210. The molecule has 1 N–H and O–H groups in total. The minimum absolute atomic E-state index is 0.0132. The van der Waals surface area contributed by atoms with Crippen molar-refractivity contribution in [2.45, 2.75) is 19.8 Å². The number of aromatic nitrogens is 3. The zero-order valence-corrected chi connectivity index (χ0v) is 10.7. The first-order valence-electron chi connectivity index (χ1n) is 5.83. The Morgan fingerprint density at radius 2 is 2.17 bits per heavy atom. The van der Waals surface area contributed by atoms with Crippen molar-refractivity contribution in [3.8, 4) is 0 Å². The summed E-state index contributed by atoms with van der Waals surface area (Å²) in [6, 6.07) is 3.43. The zero-order chi connectivity index (χ0) is 13.3. The smallest absolute Gasteiger partial charge is 0.356 e. The Morgan fingerprint density at radius 1 is 1.44 bits per heavy atom. The van der Waals surface area contributed by atoms with Crippen molar-refractivity contribution in [2.24, 2.45) is 0 Å². The van der Waals surface area contributed by atoms with E-state index in [4.69, 9.17) is 5.11 Å². The van der Waals surface area contributed by atoms with Crippen LogP contribution in [0, 0.1) is 0 Å². The molecule has 2 heterocycles. The predicted molar refractivity (Wildman–Crippen MR) is 68.3 cm³/mol. The van der Waals surface area contributed by atoms with Gasteiger partial charge in [-0.3, -0.25) is 0 Å². The van der Waals surface area contributed by atoms with E-state index in [-0.39, 0.29) is 5.69 Å². The Balaban J connectivity index is 2.65. The van der Waals surface area contributed by atoms with E-state index in [0.717, 1.165) is 24.4 Å². The van der Waals surface area contributed by atoms with Crippen molar-refractivity contribution in [3.63, 3.8) is 0 Å². The third kappa shape index (κ3) is 2.13. The van der Waals surface area contributed by atoms with Gasteiger partial charge in [0.2, 0.25) is 0 Å². The lowest BCUT2D eigenvalue weighted by Gasteiger charge is -2.14. The number of anilines is 1. The number of hydrogen-bond acceptors (Lipinski definition) is 4. The number of carboxylic acids is 1. The molecule has 0 aliphatic carbocycles. The molecular formula is C12H16N4O2. The molecule has 2 rings (SSSR count). The summed E-state index contributed by atoms with van der Waals surface area (Å²) in [5, 5.41) is 13.0. The van der Waals surface area contributed by atoms with Gasteiger partial charge in [-0.15, -0.1) is 0 Å². The van der Waals surface area contributed by atoms with Crippen LogP contribution < -0.4 is 4.90 Å². The highest BCUT2D eigenvalue weighted by Crippen LogP contribution is 2.17. The first-order valence-corrected chi connectivity index (χ1v) is 5.83. The first kappa shape index (κ1) is 12.3. The van der Waals surface area contributed by atoms with Gasteiger partial charge in [0.15, 0.2) is 11.3 Å². The number of nitrogens with zero attached hydrogens (tertiary/aromatic N) is 4. The summed E-state index contributed by atoms with van der Waals surface area (Å²) in [4.78, 5) is 17.3. The molecular weight excluding hydrogens is 232 g/mol. The highest BCUT2D eigenvalue weighted by Gasteiger charge is 2.14. The summed E-state index contributed by atoms with van der Waals surface area (Å²) >= 11 is 0. The molecule has 0 bridgehead atoms. The van der Waals surface area contributed by atoms with Gasteiger partial charge < -0.3 is 10.0 Å². The molecule has 0 spiro atoms. The number of carbonyl (C=O) groups is 1. The Labute approximate surface area is 105 Å². The predicted octanol–water partition coefficient (Wildman–Crippen LogP) is 1.45. The molecule has 2 aromatic heterocycles. The SMILES string of the molecule is CCCc1cc(N(C)C)n2nc(C(=O)O)cc2n1. The highest BCUT2D eigenvalue weighted by molar-refractivity contribution is 5.86. The molecule has 6 heteroatoms. The molecule has 0 saturated heterocycles. The monoisotopic (exact) mass is 248 g/mol. The van der Waals surface area contributed by atoms with Gasteiger partial charge in [0.05, 0.1) is 0 Å². The molecule has 18 heavy (non-hydrogen) atoms. The Kier molecular flexibility index (Phi) is 3.18. The third-order valence-electron chi connectivity index (χ3n) is 2.64. The van der Waals surface area contributed by atoms with Gasteiger partial charge in [-0.25, -0.2) is 9.78 Å². The van der Waals surface area contributed by atoms with Crippen LogP contribution in [0.3, 0.4) is 0 Å². The summed E-state index contributed by atoms with van der Waals surface area (Å²) in [5.41, 5.74) is 1.53. The van der Waals surface area contributed by atoms with Crippen LogP contribution in [-0.2, 0) is 6.42 Å². The van der Waals surface area contributed by atoms with Crippen LogP contribution in [-0.4, -0.2) is 39.8 Å². The fourth-order valence-corrected chi connectivity index (χ4v) is 1.82. The molecule has 2 aromatic rings. The molecule has 0 aromatic carbocycles. The minimum Gasteiger partial charge on any atom is -0.476 e. The van der Waals surface area contributed by atoms with Crippen molar-refractivity contribution in [1.82, 2.24) is 14.6 Å². The maximum Gasteiger partial charge on any atom is 0.356 e. The zero-order valence-electron chi connectivity index (χ0n) is 10.7. The number of hydrogen-bond donors (Lipinski definition) is 1. The van der Waals surface area contributed by atoms with Crippen LogP contribution in [0.2, 0.25) is 0 Å². The van der Waals surface area contributed by atoms with Crippen molar-refractivity contribution in [2.75, 3.05) is 19.0 Å². The molecule has 6 nitrogen and oxygen atoms in total. The maximum absolute atomic E-state index is 10.9. The standard InChI is InChI=1S/C12H16N4O2/c1-4-5-8-6-11(15(2)3)16-10(13-8)7-9(14-16)12(17)18/h6-7H,4-5H2,1-3H3,(H,17,18). The van der Waals surface area contributed by atoms with Crippen molar-refractivity contribution in [1.29, 1.82) is 0 Å². The van der Waals surface area contributed by atoms with Gasteiger partial charge in [-0.2, -0.15) is 9.61 Å². The molecule has 0 unspecified atom stereocenters. The fraction of sp³-hybridized carbons (Fsp3) is 0.417. The van der Waals surface area contributed by atoms with Crippen LogP contribution in [0.4, 0.5) is 5.82 Å². The number of fused-ring (bicyclic) bond motifs is 1. The van der Waals surface area contributed by atoms with E-state index in [9.17, 15) is 4.79 Å². The summed E-state index contributed by atoms with van der Waals surface area (Å²) in [6.45, 7) is 2.08. The van der Waals surface area contributed by atoms with E-state index in [1.54, 1.807) is 4.52 Å². The van der Waals surface area contributed by atoms with Gasteiger partial charge in [-0.1, -0.05) is 13.3 Å². The van der Waals surface area contributed by atoms with E-state index >= 15 is 0 Å². The molecule has 0 fully saturated rings. The van der Waals surface area contributed by atoms with E-state index in [2.05, 4.69) is 17.0 Å². The molecule has 96 valence electrons. The van der Waals surface area contributed by atoms with Crippen LogP contribution in [0.15, 0.2) is 12.1 Å². The maximum atomic E-state index is 10.9. The summed E-state index contributed by atoms with van der Waals surface area (Å²) in [6.07, 6.45) is 1.86. The van der Waals surface area contributed by atoms with Gasteiger partial charge in [0.25, 0.3) is 0 Å². The van der Waals surface area contributed by atoms with E-state index in [1.165, 1.54) is 6.07 Å². The second kappa shape index (κ2) is 4.64. The topological polar surface area (TPSA) is 70.7 Å². The van der Waals surface area contributed by atoms with Gasteiger partial charge in [-0.05, 0) is 6.42 Å². The molecule has 0 amide bonds. The van der Waals surface area contributed by atoms with Crippen molar-refractivity contribution < 1.29 is 9.90 Å². The van der Waals surface area contributed by atoms with Crippen molar-refractivity contribution >= 4 is 17.4 Å². The van der Waals surface area contributed by atoms with E-state index in [1.807, 2.05) is 25.1 Å². The quantitative estimate of drug-likeness (QED) is 0.886. The molecule has 0 radical (unpaired) electrons. The Morgan fingerprint density at radius 3 is 2.72 bits per heavy atom. The molecule has 0 aliphatic rings. The molecule has 0 saturated carbocycles. The van der Waals surface area contributed by atoms with Crippen LogP contribution in [0.1, 0.15) is 29.5 Å². The number of aromatic carboxylic acids is 1. The van der Waals surface area contributed by atoms with E-state index in [0.29, 0.717) is 5.65 Å². The van der Waals surface area contributed by atoms with Crippen LogP contribution in [0.5, 0.6) is 0 Å².